The van der Waals surface area contributed by atoms with E-state index in [0.29, 0.717) is 0 Å². The topological polar surface area (TPSA) is 0 Å². The van der Waals surface area contributed by atoms with Gasteiger partial charge >= 0.3 is 0 Å². The summed E-state index contributed by atoms with van der Waals surface area (Å²) in [6.07, 6.45) is 3.74. The number of benzene rings is 2. The molecule has 0 aliphatic rings. The molecule has 0 aromatic heterocycles. The van der Waals surface area contributed by atoms with Crippen LogP contribution in [0.25, 0.3) is 0 Å². The molecule has 2 aromatic carbocycles. The molecule has 2 rings (SSSR count). The van der Waals surface area contributed by atoms with Gasteiger partial charge in [-0.15, -0.1) is 0 Å². The van der Waals surface area contributed by atoms with E-state index in [9.17, 15) is 0 Å². The molecule has 0 saturated heterocycles. The van der Waals surface area contributed by atoms with E-state index in [1.54, 1.807) is 0 Å². The molecule has 1 heteroatoms. The molecule has 2 aromatic rings. The van der Waals surface area contributed by atoms with Crippen molar-refractivity contribution in [2.24, 2.45) is 0 Å². The SMILES string of the molecule is CCCCc1ccc([B]c2ccccc2)cc1. The Morgan fingerprint density at radius 2 is 1.47 bits per heavy atom. The van der Waals surface area contributed by atoms with Crippen molar-refractivity contribution in [2.75, 3.05) is 0 Å². The lowest BCUT2D eigenvalue weighted by atomic mass is 9.64. The first-order chi connectivity index (χ1) is 8.38. The molecule has 0 amide bonds. The highest BCUT2D eigenvalue weighted by atomic mass is 14.0. The maximum atomic E-state index is 2.24. The maximum absolute atomic E-state index is 2.24. The summed E-state index contributed by atoms with van der Waals surface area (Å²) in [5.74, 6) is 0. The molecule has 0 aliphatic carbocycles. The van der Waals surface area contributed by atoms with Gasteiger partial charge in [0.05, 0.1) is 0 Å². The van der Waals surface area contributed by atoms with E-state index in [2.05, 4.69) is 62.7 Å². The van der Waals surface area contributed by atoms with Gasteiger partial charge in [-0.05, 0) is 18.4 Å². The molecule has 0 saturated carbocycles. The molecule has 0 aliphatic heterocycles. The molecule has 17 heavy (non-hydrogen) atoms. The number of unbranched alkanes of at least 4 members (excludes halogenated alkanes) is 1. The highest BCUT2D eigenvalue weighted by Crippen LogP contribution is 2.02. The molecule has 0 nitrogen and oxygen atoms in total. The quantitative estimate of drug-likeness (QED) is 0.681. The molecule has 0 spiro atoms. The normalized spacial score (nSPS) is 10.2. The third kappa shape index (κ3) is 3.78. The van der Waals surface area contributed by atoms with Crippen LogP contribution in [0.15, 0.2) is 54.6 Å². The Bertz CT molecular complexity index is 431. The summed E-state index contributed by atoms with van der Waals surface area (Å²) < 4.78 is 0. The number of hydrogen-bond donors (Lipinski definition) is 0. The van der Waals surface area contributed by atoms with Crippen molar-refractivity contribution < 1.29 is 0 Å². The smallest absolute Gasteiger partial charge is 0.0814 e. The Balaban J connectivity index is 1.98. The molecule has 0 heterocycles. The second kappa shape index (κ2) is 6.29. The van der Waals surface area contributed by atoms with Gasteiger partial charge in [0.15, 0.2) is 7.28 Å². The molecule has 0 unspecified atom stereocenters. The summed E-state index contributed by atoms with van der Waals surface area (Å²) in [6, 6.07) is 19.3. The van der Waals surface area contributed by atoms with E-state index >= 15 is 0 Å². The first kappa shape index (κ1) is 12.0. The first-order valence-corrected chi connectivity index (χ1v) is 6.37. The lowest BCUT2D eigenvalue weighted by Crippen LogP contribution is -2.26. The van der Waals surface area contributed by atoms with Crippen molar-refractivity contribution in [1.82, 2.24) is 0 Å². The second-order valence-corrected chi connectivity index (χ2v) is 4.40. The van der Waals surface area contributed by atoms with Gasteiger partial charge in [-0.3, -0.25) is 0 Å². The van der Waals surface area contributed by atoms with Gasteiger partial charge in [0.1, 0.15) is 0 Å². The Morgan fingerprint density at radius 1 is 0.824 bits per heavy atom. The van der Waals surface area contributed by atoms with Gasteiger partial charge < -0.3 is 0 Å². The van der Waals surface area contributed by atoms with Gasteiger partial charge in [0.2, 0.25) is 0 Å². The summed E-state index contributed by atoms with van der Waals surface area (Å²) in [5, 5.41) is 0. The summed E-state index contributed by atoms with van der Waals surface area (Å²) >= 11 is 0. The molecule has 85 valence electrons. The van der Waals surface area contributed by atoms with Crippen LogP contribution in [0.5, 0.6) is 0 Å². The van der Waals surface area contributed by atoms with Gasteiger partial charge in [0.25, 0.3) is 0 Å². The Morgan fingerprint density at radius 3 is 2.12 bits per heavy atom. The minimum Gasteiger partial charge on any atom is -0.0814 e. The molecular weight excluding hydrogens is 203 g/mol. The highest BCUT2D eigenvalue weighted by molar-refractivity contribution is 6.67. The van der Waals surface area contributed by atoms with Gasteiger partial charge in [-0.25, -0.2) is 0 Å². The summed E-state index contributed by atoms with van der Waals surface area (Å²) in [4.78, 5) is 0. The predicted octanol–water partition coefficient (Wildman–Crippen LogP) is 2.68. The molecule has 0 atom stereocenters. The lowest BCUT2D eigenvalue weighted by Gasteiger charge is -2.03. The van der Waals surface area contributed by atoms with Crippen LogP contribution < -0.4 is 10.9 Å². The summed E-state index contributed by atoms with van der Waals surface area (Å²) in [5.41, 5.74) is 3.97. The Kier molecular flexibility index (Phi) is 4.43. The van der Waals surface area contributed by atoms with Crippen molar-refractivity contribution in [1.29, 1.82) is 0 Å². The third-order valence-corrected chi connectivity index (χ3v) is 2.93. The van der Waals surface area contributed by atoms with Crippen LogP contribution in [0, 0.1) is 0 Å². The number of aryl methyl sites for hydroxylation is 1. The van der Waals surface area contributed by atoms with E-state index in [0.717, 1.165) is 0 Å². The monoisotopic (exact) mass is 221 g/mol. The van der Waals surface area contributed by atoms with Crippen molar-refractivity contribution in [3.63, 3.8) is 0 Å². The maximum Gasteiger partial charge on any atom is 0.191 e. The van der Waals surface area contributed by atoms with E-state index in [1.165, 1.54) is 35.8 Å². The zero-order valence-electron chi connectivity index (χ0n) is 10.4. The predicted molar refractivity (Wildman–Crippen MR) is 76.5 cm³/mol. The fraction of sp³-hybridized carbons (Fsp3) is 0.250. The Hall–Kier alpha value is -1.50. The average Bonchev–Trinajstić information content (AvgIpc) is 2.39. The van der Waals surface area contributed by atoms with Crippen LogP contribution in [0.2, 0.25) is 0 Å². The molecular formula is C16H18B. The average molecular weight is 221 g/mol. The van der Waals surface area contributed by atoms with Gasteiger partial charge in [0, 0.05) is 0 Å². The third-order valence-electron chi connectivity index (χ3n) is 2.93. The van der Waals surface area contributed by atoms with Gasteiger partial charge in [-0.2, -0.15) is 0 Å². The standard InChI is InChI=1S/C16H18B/c1-2-3-7-14-10-12-16(13-11-14)17-15-8-5-4-6-9-15/h4-6,8-13H,2-3,7H2,1H3. The van der Waals surface area contributed by atoms with Crippen LogP contribution >= 0.6 is 0 Å². The molecule has 0 fully saturated rings. The molecule has 1 radical (unpaired) electrons. The van der Waals surface area contributed by atoms with Gasteiger partial charge in [-0.1, -0.05) is 78.9 Å². The van der Waals surface area contributed by atoms with Crippen LogP contribution in [0.1, 0.15) is 25.3 Å². The minimum atomic E-state index is 1.20. The van der Waals surface area contributed by atoms with Crippen LogP contribution in [0.4, 0.5) is 0 Å². The van der Waals surface area contributed by atoms with E-state index in [4.69, 9.17) is 0 Å². The lowest BCUT2D eigenvalue weighted by molar-refractivity contribution is 0.795. The number of hydrogen-bond acceptors (Lipinski definition) is 0. The first-order valence-electron chi connectivity index (χ1n) is 6.37. The summed E-state index contributed by atoms with van der Waals surface area (Å²) in [6.45, 7) is 2.23. The second-order valence-electron chi connectivity index (χ2n) is 4.40. The fourth-order valence-corrected chi connectivity index (χ4v) is 1.90. The number of rotatable bonds is 5. The van der Waals surface area contributed by atoms with Crippen LogP contribution in [0.3, 0.4) is 0 Å². The summed E-state index contributed by atoms with van der Waals surface area (Å²) in [7, 11) is 2.21. The van der Waals surface area contributed by atoms with E-state index in [1.807, 2.05) is 6.07 Å². The zero-order valence-corrected chi connectivity index (χ0v) is 10.4. The van der Waals surface area contributed by atoms with Crippen LogP contribution in [-0.2, 0) is 6.42 Å². The van der Waals surface area contributed by atoms with Crippen LogP contribution in [-0.4, -0.2) is 7.28 Å². The van der Waals surface area contributed by atoms with Crippen molar-refractivity contribution in [3.8, 4) is 0 Å². The highest BCUT2D eigenvalue weighted by Gasteiger charge is 1.98. The van der Waals surface area contributed by atoms with E-state index < -0.39 is 0 Å². The van der Waals surface area contributed by atoms with Crippen molar-refractivity contribution >= 4 is 18.2 Å². The molecule has 0 bridgehead atoms. The zero-order chi connectivity index (χ0) is 11.9. The van der Waals surface area contributed by atoms with Crippen molar-refractivity contribution in [2.45, 2.75) is 26.2 Å². The molecule has 0 N–H and O–H groups in total. The largest absolute Gasteiger partial charge is 0.191 e. The fourth-order valence-electron chi connectivity index (χ4n) is 1.90. The van der Waals surface area contributed by atoms with Crippen molar-refractivity contribution in [3.05, 3.63) is 60.2 Å². The van der Waals surface area contributed by atoms with E-state index in [-0.39, 0.29) is 0 Å². The minimum absolute atomic E-state index is 1.20. The Labute approximate surface area is 105 Å².